The van der Waals surface area contributed by atoms with Crippen molar-refractivity contribution in [3.63, 3.8) is 0 Å². The summed E-state index contributed by atoms with van der Waals surface area (Å²) < 4.78 is 1.76. The van der Waals surface area contributed by atoms with Crippen LogP contribution in [0.4, 0.5) is 0 Å². The SMILES string of the molecule is C=C/C(NC(=C)c1cnn2cccnc12)=C(/c1cc(C)ccc1C=C)N(C)CCC1CCCCC1. The number of hydrogen-bond acceptors (Lipinski definition) is 4. The average molecular weight is 468 g/mol. The first kappa shape index (κ1) is 24.5. The van der Waals surface area contributed by atoms with Gasteiger partial charge in [-0.15, -0.1) is 0 Å². The van der Waals surface area contributed by atoms with E-state index in [0.29, 0.717) is 0 Å². The van der Waals surface area contributed by atoms with Gasteiger partial charge in [-0.3, -0.25) is 0 Å². The molecular weight excluding hydrogens is 430 g/mol. The van der Waals surface area contributed by atoms with Crippen LogP contribution in [0.15, 0.2) is 74.4 Å². The van der Waals surface area contributed by atoms with E-state index in [1.807, 2.05) is 24.4 Å². The highest BCUT2D eigenvalue weighted by molar-refractivity contribution is 5.80. The van der Waals surface area contributed by atoms with Crippen LogP contribution in [-0.2, 0) is 0 Å². The van der Waals surface area contributed by atoms with Gasteiger partial charge < -0.3 is 10.2 Å². The monoisotopic (exact) mass is 467 g/mol. The molecule has 0 aliphatic heterocycles. The standard InChI is InChI=1S/C30H37N5/c1-6-25-15-14-22(3)20-26(25)29(34(5)19-16-24-12-9-8-10-13-24)28(7-2)33-23(4)27-21-32-35-18-11-17-31-30(27)35/h6-7,11,14-15,17-18,20-21,24,33H,1-2,4,8-10,12-13,16,19H2,3,5H3/b29-28+. The summed E-state index contributed by atoms with van der Waals surface area (Å²) in [6.45, 7) is 15.7. The van der Waals surface area contributed by atoms with Gasteiger partial charge >= 0.3 is 0 Å². The van der Waals surface area contributed by atoms with Crippen molar-refractivity contribution < 1.29 is 0 Å². The van der Waals surface area contributed by atoms with Crippen molar-refractivity contribution in [3.05, 3.63) is 96.6 Å². The third-order valence-corrected chi connectivity index (χ3v) is 7.01. The van der Waals surface area contributed by atoms with E-state index in [4.69, 9.17) is 0 Å². The van der Waals surface area contributed by atoms with Gasteiger partial charge in [0.25, 0.3) is 0 Å². The Balaban J connectivity index is 1.71. The Morgan fingerprint density at radius 2 is 2.00 bits per heavy atom. The van der Waals surface area contributed by atoms with E-state index in [0.717, 1.165) is 51.9 Å². The van der Waals surface area contributed by atoms with Crippen molar-refractivity contribution in [2.45, 2.75) is 45.4 Å². The molecule has 0 bridgehead atoms. The highest BCUT2D eigenvalue weighted by Crippen LogP contribution is 2.31. The Hall–Kier alpha value is -3.60. The molecule has 2 heterocycles. The van der Waals surface area contributed by atoms with Gasteiger partial charge in [0.1, 0.15) is 0 Å². The summed E-state index contributed by atoms with van der Waals surface area (Å²) in [6.07, 6.45) is 17.3. The Bertz CT molecular complexity index is 1240. The van der Waals surface area contributed by atoms with Gasteiger partial charge in [0.2, 0.25) is 0 Å². The molecule has 2 aromatic heterocycles. The summed E-state index contributed by atoms with van der Waals surface area (Å²) in [7, 11) is 2.18. The Morgan fingerprint density at radius 1 is 1.20 bits per heavy atom. The summed E-state index contributed by atoms with van der Waals surface area (Å²) in [6, 6.07) is 8.36. The van der Waals surface area contributed by atoms with Gasteiger partial charge in [0.15, 0.2) is 5.65 Å². The molecule has 0 unspecified atom stereocenters. The lowest BCUT2D eigenvalue weighted by Crippen LogP contribution is -2.25. The first-order valence-electron chi connectivity index (χ1n) is 12.6. The zero-order valence-corrected chi connectivity index (χ0v) is 21.1. The summed E-state index contributed by atoms with van der Waals surface area (Å²) in [5.41, 5.74) is 7.81. The topological polar surface area (TPSA) is 45.5 Å². The van der Waals surface area contributed by atoms with E-state index >= 15 is 0 Å². The molecule has 182 valence electrons. The van der Waals surface area contributed by atoms with E-state index in [-0.39, 0.29) is 0 Å². The Morgan fingerprint density at radius 3 is 2.74 bits per heavy atom. The fraction of sp³-hybridized carbons (Fsp3) is 0.333. The minimum Gasteiger partial charge on any atom is -0.372 e. The molecular formula is C30H37N5. The highest BCUT2D eigenvalue weighted by atomic mass is 15.2. The largest absolute Gasteiger partial charge is 0.372 e. The second-order valence-corrected chi connectivity index (χ2v) is 9.53. The molecule has 1 aliphatic rings. The molecule has 0 amide bonds. The average Bonchev–Trinajstić information content (AvgIpc) is 3.32. The van der Waals surface area contributed by atoms with Crippen LogP contribution in [0.3, 0.4) is 0 Å². The number of benzene rings is 1. The summed E-state index contributed by atoms with van der Waals surface area (Å²) in [5, 5.41) is 7.97. The van der Waals surface area contributed by atoms with Gasteiger partial charge in [-0.05, 0) is 43.0 Å². The first-order valence-corrected chi connectivity index (χ1v) is 12.6. The van der Waals surface area contributed by atoms with E-state index in [9.17, 15) is 0 Å². The fourth-order valence-corrected chi connectivity index (χ4v) is 5.05. The molecule has 1 aliphatic carbocycles. The van der Waals surface area contributed by atoms with Crippen molar-refractivity contribution in [1.82, 2.24) is 24.8 Å². The molecule has 1 fully saturated rings. The lowest BCUT2D eigenvalue weighted by Gasteiger charge is -2.30. The Kier molecular flexibility index (Phi) is 7.86. The van der Waals surface area contributed by atoms with Crippen molar-refractivity contribution in [2.24, 2.45) is 5.92 Å². The van der Waals surface area contributed by atoms with Crippen LogP contribution in [-0.4, -0.2) is 33.1 Å². The van der Waals surface area contributed by atoms with Crippen LogP contribution in [0.25, 0.3) is 23.1 Å². The summed E-state index contributed by atoms with van der Waals surface area (Å²) in [5.74, 6) is 0.809. The molecule has 0 atom stereocenters. The van der Waals surface area contributed by atoms with Crippen LogP contribution in [0.5, 0.6) is 0 Å². The van der Waals surface area contributed by atoms with Crippen LogP contribution in [0.1, 0.15) is 60.8 Å². The second kappa shape index (κ2) is 11.2. The van der Waals surface area contributed by atoms with Crippen LogP contribution in [0, 0.1) is 12.8 Å². The van der Waals surface area contributed by atoms with Gasteiger partial charge in [-0.2, -0.15) is 5.10 Å². The highest BCUT2D eigenvalue weighted by Gasteiger charge is 2.20. The molecule has 5 heteroatoms. The van der Waals surface area contributed by atoms with Crippen molar-refractivity contribution >= 4 is 23.1 Å². The smallest absolute Gasteiger partial charge is 0.164 e. The number of fused-ring (bicyclic) bond motifs is 1. The molecule has 35 heavy (non-hydrogen) atoms. The lowest BCUT2D eigenvalue weighted by atomic mass is 9.87. The summed E-state index contributed by atoms with van der Waals surface area (Å²) in [4.78, 5) is 6.85. The molecule has 3 aromatic rings. The maximum absolute atomic E-state index is 4.49. The van der Waals surface area contributed by atoms with Crippen molar-refractivity contribution in [1.29, 1.82) is 0 Å². The number of nitrogens with one attached hydrogen (secondary N) is 1. The number of aryl methyl sites for hydroxylation is 1. The molecule has 0 spiro atoms. The predicted molar refractivity (Wildman–Crippen MR) is 147 cm³/mol. The van der Waals surface area contributed by atoms with Crippen LogP contribution >= 0.6 is 0 Å². The first-order chi connectivity index (χ1) is 17.0. The second-order valence-electron chi connectivity index (χ2n) is 9.53. The molecule has 5 nitrogen and oxygen atoms in total. The van der Waals surface area contributed by atoms with Gasteiger partial charge in [0.05, 0.1) is 23.2 Å². The van der Waals surface area contributed by atoms with E-state index in [1.165, 1.54) is 44.1 Å². The number of hydrogen-bond donors (Lipinski definition) is 1. The van der Waals surface area contributed by atoms with Crippen molar-refractivity contribution in [2.75, 3.05) is 13.6 Å². The normalized spacial score (nSPS) is 14.9. The number of rotatable bonds is 10. The van der Waals surface area contributed by atoms with E-state index in [1.54, 1.807) is 16.9 Å². The van der Waals surface area contributed by atoms with E-state index < -0.39 is 0 Å². The minimum atomic E-state index is 0.736. The molecule has 1 saturated carbocycles. The molecule has 4 rings (SSSR count). The zero-order chi connectivity index (χ0) is 24.8. The third kappa shape index (κ3) is 5.56. The van der Waals surface area contributed by atoms with Crippen molar-refractivity contribution in [3.8, 4) is 0 Å². The number of nitrogens with zero attached hydrogens (tertiary/aromatic N) is 4. The summed E-state index contributed by atoms with van der Waals surface area (Å²) >= 11 is 0. The van der Waals surface area contributed by atoms with Gasteiger partial charge in [0, 0.05) is 37.2 Å². The molecule has 1 aromatic carbocycles. The molecule has 0 saturated heterocycles. The third-order valence-electron chi connectivity index (χ3n) is 7.01. The van der Waals surface area contributed by atoms with Gasteiger partial charge in [-0.1, -0.05) is 75.6 Å². The van der Waals surface area contributed by atoms with Crippen LogP contribution in [0.2, 0.25) is 0 Å². The zero-order valence-electron chi connectivity index (χ0n) is 21.1. The molecule has 1 N–H and O–H groups in total. The van der Waals surface area contributed by atoms with Gasteiger partial charge in [-0.25, -0.2) is 9.50 Å². The van der Waals surface area contributed by atoms with E-state index in [2.05, 4.69) is 72.2 Å². The number of aromatic nitrogens is 3. The Labute approximate surface area is 209 Å². The molecule has 0 radical (unpaired) electrons. The quantitative estimate of drug-likeness (QED) is 0.337. The predicted octanol–water partition coefficient (Wildman–Crippen LogP) is 6.70. The number of allylic oxidation sites excluding steroid dienone is 1. The maximum Gasteiger partial charge on any atom is 0.164 e. The lowest BCUT2D eigenvalue weighted by molar-refractivity contribution is 0.307. The van der Waals surface area contributed by atoms with Crippen LogP contribution < -0.4 is 5.32 Å². The fourth-order valence-electron chi connectivity index (χ4n) is 5.05. The minimum absolute atomic E-state index is 0.736. The maximum atomic E-state index is 4.49.